The molecule has 2 aromatic carbocycles. The lowest BCUT2D eigenvalue weighted by Crippen LogP contribution is -2.34. The molecule has 0 bridgehead atoms. The van der Waals surface area contributed by atoms with Crippen LogP contribution < -0.4 is 10.6 Å². The largest absolute Gasteiger partial charge is 0.357 e. The van der Waals surface area contributed by atoms with Crippen LogP contribution in [0.2, 0.25) is 0 Å². The van der Waals surface area contributed by atoms with E-state index in [0.717, 1.165) is 39.1 Å². The zero-order valence-electron chi connectivity index (χ0n) is 17.3. The van der Waals surface area contributed by atoms with Crippen LogP contribution in [-0.4, -0.2) is 25.8 Å². The Morgan fingerprint density at radius 3 is 2.47 bits per heavy atom. The van der Waals surface area contributed by atoms with Crippen LogP contribution in [0.25, 0.3) is 27.8 Å². The van der Waals surface area contributed by atoms with Crippen LogP contribution in [0.3, 0.4) is 0 Å². The van der Waals surface area contributed by atoms with Crippen molar-refractivity contribution in [1.29, 1.82) is 0 Å². The van der Waals surface area contributed by atoms with Gasteiger partial charge < -0.3 is 15.6 Å². The Labute approximate surface area is 185 Å². The van der Waals surface area contributed by atoms with E-state index in [2.05, 4.69) is 20.6 Å². The number of pyridine rings is 1. The zero-order valence-corrected chi connectivity index (χ0v) is 17.3. The molecule has 7 heteroatoms. The molecule has 0 aliphatic heterocycles. The van der Waals surface area contributed by atoms with E-state index < -0.39 is 0 Å². The van der Waals surface area contributed by atoms with Gasteiger partial charge in [-0.2, -0.15) is 5.10 Å². The molecule has 0 unspecified atom stereocenters. The Hall–Kier alpha value is -4.39. The van der Waals surface area contributed by atoms with E-state index >= 15 is 0 Å². The molecule has 5 rings (SSSR count). The molecule has 3 N–H and O–H groups in total. The molecule has 0 spiro atoms. The minimum Gasteiger partial charge on any atom is -0.357 e. The van der Waals surface area contributed by atoms with Gasteiger partial charge in [0.05, 0.1) is 17.9 Å². The molecule has 0 aliphatic rings. The van der Waals surface area contributed by atoms with Crippen molar-refractivity contribution in [3.05, 3.63) is 103 Å². The average Bonchev–Trinajstić information content (AvgIpc) is 3.47. The zero-order chi connectivity index (χ0) is 21.8. The predicted octanol–water partition coefficient (Wildman–Crippen LogP) is 4.42. The highest BCUT2D eigenvalue weighted by molar-refractivity contribution is 5.80. The number of urea groups is 1. The molecule has 2 amide bonds. The maximum Gasteiger partial charge on any atom is 0.315 e. The lowest BCUT2D eigenvalue weighted by atomic mass is 10.1. The lowest BCUT2D eigenvalue weighted by molar-refractivity contribution is 0.240. The van der Waals surface area contributed by atoms with Crippen LogP contribution in [0.5, 0.6) is 0 Å². The van der Waals surface area contributed by atoms with Crippen molar-refractivity contribution in [1.82, 2.24) is 30.4 Å². The van der Waals surface area contributed by atoms with Crippen molar-refractivity contribution in [3.8, 4) is 16.9 Å². The number of nitrogens with one attached hydrogen (secondary N) is 3. The second kappa shape index (κ2) is 8.77. The van der Waals surface area contributed by atoms with E-state index in [-0.39, 0.29) is 6.03 Å². The number of rotatable bonds is 6. The van der Waals surface area contributed by atoms with Gasteiger partial charge in [0.2, 0.25) is 0 Å². The number of H-pyrrole nitrogens is 1. The number of hydrogen-bond donors (Lipinski definition) is 3. The fraction of sp³-hybridized carbons (Fsp3) is 0.0800. The molecule has 0 fully saturated rings. The summed E-state index contributed by atoms with van der Waals surface area (Å²) in [7, 11) is 0. The third kappa shape index (κ3) is 4.22. The van der Waals surface area contributed by atoms with Crippen molar-refractivity contribution in [2.75, 3.05) is 0 Å². The van der Waals surface area contributed by atoms with Crippen LogP contribution in [0.15, 0.2) is 91.4 Å². The molecule has 3 heterocycles. The smallest absolute Gasteiger partial charge is 0.315 e. The third-order valence-corrected chi connectivity index (χ3v) is 5.23. The second-order valence-electron chi connectivity index (χ2n) is 7.44. The van der Waals surface area contributed by atoms with Gasteiger partial charge in [0.15, 0.2) is 0 Å². The van der Waals surface area contributed by atoms with Gasteiger partial charge in [-0.15, -0.1) is 0 Å². The normalized spacial score (nSPS) is 10.9. The number of fused-ring (bicyclic) bond motifs is 1. The predicted molar refractivity (Wildman–Crippen MR) is 124 cm³/mol. The lowest BCUT2D eigenvalue weighted by Gasteiger charge is -2.07. The topological polar surface area (TPSA) is 87.6 Å². The van der Waals surface area contributed by atoms with Gasteiger partial charge >= 0.3 is 6.03 Å². The number of carbonyl (C=O) groups excluding carboxylic acids is 1. The van der Waals surface area contributed by atoms with Crippen LogP contribution >= 0.6 is 0 Å². The van der Waals surface area contributed by atoms with Crippen molar-refractivity contribution < 1.29 is 4.79 Å². The SMILES string of the molecule is O=C(NCc1cc2ccccc2[nH]1)NCc1cn(-c2ccccc2)nc1-c1ccncc1. The highest BCUT2D eigenvalue weighted by atomic mass is 16.2. The molecule has 0 radical (unpaired) electrons. The molecular weight excluding hydrogens is 400 g/mol. The van der Waals surface area contributed by atoms with E-state index in [1.54, 1.807) is 12.4 Å². The summed E-state index contributed by atoms with van der Waals surface area (Å²) in [5, 5.41) is 11.7. The summed E-state index contributed by atoms with van der Waals surface area (Å²) in [4.78, 5) is 19.9. The average molecular weight is 422 g/mol. The fourth-order valence-electron chi connectivity index (χ4n) is 3.65. The van der Waals surface area contributed by atoms with E-state index in [0.29, 0.717) is 13.1 Å². The van der Waals surface area contributed by atoms with Crippen LogP contribution in [0, 0.1) is 0 Å². The van der Waals surface area contributed by atoms with Gasteiger partial charge in [-0.1, -0.05) is 36.4 Å². The Balaban J connectivity index is 1.29. The first-order valence-electron chi connectivity index (χ1n) is 10.4. The van der Waals surface area contributed by atoms with E-state index in [4.69, 9.17) is 5.10 Å². The van der Waals surface area contributed by atoms with Crippen LogP contribution in [0.1, 0.15) is 11.3 Å². The first kappa shape index (κ1) is 19.6. The first-order valence-corrected chi connectivity index (χ1v) is 10.4. The minimum atomic E-state index is -0.239. The molecule has 3 aromatic heterocycles. The Morgan fingerprint density at radius 1 is 0.906 bits per heavy atom. The van der Waals surface area contributed by atoms with Gasteiger partial charge in [0, 0.05) is 47.5 Å². The van der Waals surface area contributed by atoms with Gasteiger partial charge in [-0.25, -0.2) is 9.48 Å². The number of amides is 2. The van der Waals surface area contributed by atoms with Crippen molar-refractivity contribution in [2.24, 2.45) is 0 Å². The number of aromatic amines is 1. The van der Waals surface area contributed by atoms with Crippen LogP contribution in [0.4, 0.5) is 4.79 Å². The summed E-state index contributed by atoms with van der Waals surface area (Å²) in [6, 6.07) is 23.6. The summed E-state index contributed by atoms with van der Waals surface area (Å²) in [5.41, 5.74) is 5.64. The summed E-state index contributed by atoms with van der Waals surface area (Å²) < 4.78 is 1.83. The summed E-state index contributed by atoms with van der Waals surface area (Å²) in [6.07, 6.45) is 5.42. The number of carbonyl (C=O) groups is 1. The number of benzene rings is 2. The number of aromatic nitrogens is 4. The summed E-state index contributed by atoms with van der Waals surface area (Å²) >= 11 is 0. The van der Waals surface area contributed by atoms with E-state index in [9.17, 15) is 4.79 Å². The van der Waals surface area contributed by atoms with Gasteiger partial charge in [0.1, 0.15) is 0 Å². The van der Waals surface area contributed by atoms with Crippen molar-refractivity contribution >= 4 is 16.9 Å². The van der Waals surface area contributed by atoms with E-state index in [1.807, 2.05) is 83.7 Å². The monoisotopic (exact) mass is 422 g/mol. The maximum atomic E-state index is 12.5. The standard InChI is InChI=1S/C25H22N6O/c32-25(28-16-21-14-19-6-4-5-9-23(19)29-21)27-15-20-17-31(22-7-2-1-3-8-22)30-24(20)18-10-12-26-13-11-18/h1-14,17,29H,15-16H2,(H2,27,28,32). The molecule has 5 aromatic rings. The Bertz CT molecular complexity index is 1310. The molecule has 0 saturated heterocycles. The fourth-order valence-corrected chi connectivity index (χ4v) is 3.65. The van der Waals surface area contributed by atoms with Gasteiger partial charge in [-0.3, -0.25) is 4.98 Å². The summed E-state index contributed by atoms with van der Waals surface area (Å²) in [5.74, 6) is 0. The number of hydrogen-bond acceptors (Lipinski definition) is 3. The highest BCUT2D eigenvalue weighted by Gasteiger charge is 2.13. The summed E-state index contributed by atoms with van der Waals surface area (Å²) in [6.45, 7) is 0.768. The van der Waals surface area contributed by atoms with Gasteiger partial charge in [-0.05, 0) is 41.8 Å². The van der Waals surface area contributed by atoms with Crippen molar-refractivity contribution in [3.63, 3.8) is 0 Å². The molecule has 32 heavy (non-hydrogen) atoms. The molecule has 0 saturated carbocycles. The molecular formula is C25H22N6O. The first-order chi connectivity index (χ1) is 15.8. The third-order valence-electron chi connectivity index (χ3n) is 5.23. The molecule has 7 nitrogen and oxygen atoms in total. The minimum absolute atomic E-state index is 0.239. The number of para-hydroxylation sites is 2. The highest BCUT2D eigenvalue weighted by Crippen LogP contribution is 2.23. The second-order valence-corrected chi connectivity index (χ2v) is 7.44. The van der Waals surface area contributed by atoms with Crippen LogP contribution in [-0.2, 0) is 13.1 Å². The van der Waals surface area contributed by atoms with Crippen molar-refractivity contribution in [2.45, 2.75) is 13.1 Å². The number of nitrogens with zero attached hydrogens (tertiary/aromatic N) is 3. The Morgan fingerprint density at radius 2 is 1.66 bits per heavy atom. The van der Waals surface area contributed by atoms with E-state index in [1.165, 1.54) is 0 Å². The molecule has 158 valence electrons. The van der Waals surface area contributed by atoms with Gasteiger partial charge in [0.25, 0.3) is 0 Å². The Kier molecular flexibility index (Phi) is 5.36. The molecule has 0 atom stereocenters. The molecule has 0 aliphatic carbocycles. The maximum absolute atomic E-state index is 12.5. The quantitative estimate of drug-likeness (QED) is 0.379.